The molecule has 0 heterocycles. The van der Waals surface area contributed by atoms with Gasteiger partial charge < -0.3 is 0 Å². The Labute approximate surface area is 68.8 Å². The molecule has 0 aromatic heterocycles. The van der Waals surface area contributed by atoms with Gasteiger partial charge in [-0.1, -0.05) is 20.3 Å². The third kappa shape index (κ3) is 22.6. The Hall–Kier alpha value is -0.350. The van der Waals surface area contributed by atoms with Crippen molar-refractivity contribution >= 4 is 0 Å². The number of alkyl halides is 5. The van der Waals surface area contributed by atoms with Crippen LogP contribution in [0.3, 0.4) is 0 Å². The molecule has 5 heteroatoms. The zero-order valence-corrected chi connectivity index (χ0v) is 7.30. The highest BCUT2D eigenvalue weighted by Crippen LogP contribution is 2.30. The quantitative estimate of drug-likeness (QED) is 0.550. The van der Waals surface area contributed by atoms with Gasteiger partial charge in [0.1, 0.15) is 6.42 Å². The van der Waals surface area contributed by atoms with Crippen LogP contribution in [0.4, 0.5) is 22.0 Å². The lowest BCUT2D eigenvalue weighted by atomic mass is 10.3. The molecule has 0 fully saturated rings. The number of halogens is 5. The van der Waals surface area contributed by atoms with Crippen molar-refractivity contribution in [3.63, 3.8) is 0 Å². The SMILES string of the molecule is CC(F)(F)CC(F)(F)F.CCC. The fourth-order valence-electron chi connectivity index (χ4n) is 0.352. The van der Waals surface area contributed by atoms with E-state index in [4.69, 9.17) is 0 Å². The lowest BCUT2D eigenvalue weighted by molar-refractivity contribution is -0.182. The first-order chi connectivity index (χ1) is 5.12. The van der Waals surface area contributed by atoms with Crippen molar-refractivity contribution in [2.45, 2.75) is 45.7 Å². The molecule has 0 nitrogen and oxygen atoms in total. The molecule has 0 bridgehead atoms. The normalized spacial score (nSPS) is 12.0. The van der Waals surface area contributed by atoms with Crippen molar-refractivity contribution in [3.8, 4) is 0 Å². The second kappa shape index (κ2) is 5.32. The Bertz CT molecular complexity index is 87.3. The zero-order valence-electron chi connectivity index (χ0n) is 7.30. The molecule has 0 spiro atoms. The summed E-state index contributed by atoms with van der Waals surface area (Å²) < 4.78 is 56.2. The van der Waals surface area contributed by atoms with Gasteiger partial charge in [0.2, 0.25) is 0 Å². The van der Waals surface area contributed by atoms with Gasteiger partial charge in [0.05, 0.1) is 0 Å². The predicted octanol–water partition coefficient (Wildman–Crippen LogP) is 4.01. The van der Waals surface area contributed by atoms with Crippen molar-refractivity contribution in [2.24, 2.45) is 0 Å². The maximum atomic E-state index is 11.5. The van der Waals surface area contributed by atoms with Crippen molar-refractivity contribution in [1.29, 1.82) is 0 Å². The van der Waals surface area contributed by atoms with Crippen molar-refractivity contribution in [2.75, 3.05) is 0 Å². The summed E-state index contributed by atoms with van der Waals surface area (Å²) in [4.78, 5) is 0. The van der Waals surface area contributed by atoms with Gasteiger partial charge in [0.15, 0.2) is 0 Å². The molecule has 0 aliphatic rings. The first kappa shape index (κ1) is 14.2. The number of rotatable bonds is 1. The Kier molecular flexibility index (Phi) is 6.29. The molecular formula is C7H13F5. The molecule has 0 atom stereocenters. The molecule has 0 unspecified atom stereocenters. The molecule has 0 radical (unpaired) electrons. The average molecular weight is 192 g/mol. The molecule has 12 heavy (non-hydrogen) atoms. The summed E-state index contributed by atoms with van der Waals surface area (Å²) in [7, 11) is 0. The summed E-state index contributed by atoms with van der Waals surface area (Å²) >= 11 is 0. The second-order valence-corrected chi connectivity index (χ2v) is 2.57. The van der Waals surface area contributed by atoms with E-state index in [0.29, 0.717) is 0 Å². The third-order valence-corrected chi connectivity index (χ3v) is 0.511. The van der Waals surface area contributed by atoms with Gasteiger partial charge in [-0.15, -0.1) is 0 Å². The summed E-state index contributed by atoms with van der Waals surface area (Å²) in [6, 6.07) is 0. The highest BCUT2D eigenvalue weighted by atomic mass is 19.4. The van der Waals surface area contributed by atoms with Crippen molar-refractivity contribution in [1.82, 2.24) is 0 Å². The molecule has 0 rings (SSSR count). The van der Waals surface area contributed by atoms with Crippen LogP contribution in [-0.4, -0.2) is 12.1 Å². The van der Waals surface area contributed by atoms with E-state index >= 15 is 0 Å². The first-order valence-electron chi connectivity index (χ1n) is 3.57. The minimum absolute atomic E-state index is 0.237. The van der Waals surface area contributed by atoms with Crippen LogP contribution in [0.15, 0.2) is 0 Å². The van der Waals surface area contributed by atoms with Crippen molar-refractivity contribution < 1.29 is 22.0 Å². The Morgan fingerprint density at radius 2 is 1.17 bits per heavy atom. The Morgan fingerprint density at radius 1 is 0.917 bits per heavy atom. The number of hydrogen-bond donors (Lipinski definition) is 0. The van der Waals surface area contributed by atoms with Crippen LogP contribution in [0, 0.1) is 0 Å². The van der Waals surface area contributed by atoms with Gasteiger partial charge in [-0.25, -0.2) is 8.78 Å². The maximum Gasteiger partial charge on any atom is 0.394 e. The van der Waals surface area contributed by atoms with E-state index in [1.807, 2.05) is 0 Å². The standard InChI is InChI=1S/C4H5F5.C3H8/c1-3(5,6)2-4(7,8)9;1-3-2/h2H2,1H3;3H2,1-2H3. The summed E-state index contributed by atoms with van der Waals surface area (Å²) in [5.74, 6) is -3.64. The Morgan fingerprint density at radius 3 is 1.17 bits per heavy atom. The fourth-order valence-corrected chi connectivity index (χ4v) is 0.352. The highest BCUT2D eigenvalue weighted by Gasteiger charge is 2.39. The monoisotopic (exact) mass is 192 g/mol. The van der Waals surface area contributed by atoms with Crippen LogP contribution in [-0.2, 0) is 0 Å². The van der Waals surface area contributed by atoms with E-state index in [0.717, 1.165) is 0 Å². The van der Waals surface area contributed by atoms with E-state index in [9.17, 15) is 22.0 Å². The van der Waals surface area contributed by atoms with Gasteiger partial charge >= 0.3 is 6.18 Å². The van der Waals surface area contributed by atoms with E-state index in [1.54, 1.807) is 0 Å². The molecule has 0 saturated heterocycles. The van der Waals surface area contributed by atoms with Gasteiger partial charge in [-0.2, -0.15) is 13.2 Å². The van der Waals surface area contributed by atoms with Crippen LogP contribution >= 0.6 is 0 Å². The molecule has 0 aromatic rings. The molecule has 0 aliphatic carbocycles. The van der Waals surface area contributed by atoms with E-state index < -0.39 is 18.5 Å². The van der Waals surface area contributed by atoms with Crippen LogP contribution in [0.2, 0.25) is 0 Å². The van der Waals surface area contributed by atoms with E-state index in [2.05, 4.69) is 13.8 Å². The molecule has 0 amide bonds. The largest absolute Gasteiger partial charge is 0.394 e. The van der Waals surface area contributed by atoms with Crippen LogP contribution < -0.4 is 0 Å². The molecule has 0 N–H and O–H groups in total. The van der Waals surface area contributed by atoms with Crippen LogP contribution in [0.5, 0.6) is 0 Å². The van der Waals surface area contributed by atoms with Crippen LogP contribution in [0.25, 0.3) is 0 Å². The molecular weight excluding hydrogens is 179 g/mol. The smallest absolute Gasteiger partial charge is 0.207 e. The predicted molar refractivity (Wildman–Crippen MR) is 37.3 cm³/mol. The van der Waals surface area contributed by atoms with Gasteiger partial charge in [-0.05, 0) is 6.92 Å². The lowest BCUT2D eigenvalue weighted by Gasteiger charge is -2.11. The molecule has 0 saturated carbocycles. The number of hydrogen-bond acceptors (Lipinski definition) is 0. The summed E-state index contributed by atoms with van der Waals surface area (Å²) in [6.07, 6.45) is -5.56. The van der Waals surface area contributed by atoms with E-state index in [-0.39, 0.29) is 6.92 Å². The van der Waals surface area contributed by atoms with Gasteiger partial charge in [0.25, 0.3) is 5.92 Å². The fraction of sp³-hybridized carbons (Fsp3) is 1.00. The highest BCUT2D eigenvalue weighted by molar-refractivity contribution is 4.63. The van der Waals surface area contributed by atoms with Crippen LogP contribution in [0.1, 0.15) is 33.6 Å². The maximum absolute atomic E-state index is 11.5. The van der Waals surface area contributed by atoms with Gasteiger partial charge in [-0.3, -0.25) is 0 Å². The zero-order chi connectivity index (χ0) is 10.4. The topological polar surface area (TPSA) is 0 Å². The summed E-state index contributed by atoms with van der Waals surface area (Å²) in [5.41, 5.74) is 0. The first-order valence-corrected chi connectivity index (χ1v) is 3.57. The average Bonchev–Trinajstić information content (AvgIpc) is 1.53. The minimum Gasteiger partial charge on any atom is -0.207 e. The lowest BCUT2D eigenvalue weighted by Crippen LogP contribution is -2.21. The summed E-state index contributed by atoms with van der Waals surface area (Å²) in [6.45, 7) is 4.49. The molecule has 76 valence electrons. The van der Waals surface area contributed by atoms with Gasteiger partial charge in [0, 0.05) is 0 Å². The molecule has 0 aromatic carbocycles. The van der Waals surface area contributed by atoms with E-state index in [1.165, 1.54) is 6.42 Å². The van der Waals surface area contributed by atoms with Crippen molar-refractivity contribution in [3.05, 3.63) is 0 Å². The molecule has 0 aliphatic heterocycles. The Balaban J connectivity index is 0. The second-order valence-electron chi connectivity index (χ2n) is 2.57. The minimum atomic E-state index is -4.77. The summed E-state index contributed by atoms with van der Waals surface area (Å²) in [5, 5.41) is 0. The third-order valence-electron chi connectivity index (χ3n) is 0.511.